The Hall–Kier alpha value is -3.81. The van der Waals surface area contributed by atoms with Gasteiger partial charge >= 0.3 is 0 Å². The number of H-pyrrole nitrogens is 1. The van der Waals surface area contributed by atoms with Gasteiger partial charge in [-0.05, 0) is 48.4 Å². The number of amides is 1. The van der Waals surface area contributed by atoms with Gasteiger partial charge < -0.3 is 14.0 Å². The fraction of sp³-hybridized carbons (Fsp3) is 0.227. The summed E-state index contributed by atoms with van der Waals surface area (Å²) in [5.74, 6) is 2.09. The van der Waals surface area contributed by atoms with Gasteiger partial charge in [0.1, 0.15) is 5.82 Å². The van der Waals surface area contributed by atoms with Gasteiger partial charge in [-0.2, -0.15) is 4.98 Å². The van der Waals surface area contributed by atoms with E-state index in [4.69, 9.17) is 9.47 Å². The predicted molar refractivity (Wildman–Crippen MR) is 114 cm³/mol. The molecule has 0 radical (unpaired) electrons. The first kappa shape index (κ1) is 19.5. The van der Waals surface area contributed by atoms with Crippen molar-refractivity contribution in [2.75, 3.05) is 19.5 Å². The summed E-state index contributed by atoms with van der Waals surface area (Å²) in [5.41, 5.74) is 2.72. The fourth-order valence-electron chi connectivity index (χ4n) is 3.36. The zero-order chi connectivity index (χ0) is 21.1. The number of aromatic amines is 1. The zero-order valence-electron chi connectivity index (χ0n) is 17.1. The molecule has 8 heteroatoms. The van der Waals surface area contributed by atoms with Crippen LogP contribution in [0.4, 0.5) is 5.95 Å². The Morgan fingerprint density at radius 2 is 1.90 bits per heavy atom. The molecular formula is C22H23N5O3. The number of hydrogen-bond acceptors (Lipinski definition) is 5. The minimum Gasteiger partial charge on any atom is -0.493 e. The van der Waals surface area contributed by atoms with Crippen LogP contribution in [-0.4, -0.2) is 39.9 Å². The summed E-state index contributed by atoms with van der Waals surface area (Å²) in [6.07, 6.45) is 3.36. The molecule has 154 valence electrons. The molecule has 0 aliphatic rings. The summed E-state index contributed by atoms with van der Waals surface area (Å²) in [6.45, 7) is 0. The lowest BCUT2D eigenvalue weighted by molar-refractivity contribution is 0.102. The van der Waals surface area contributed by atoms with Crippen molar-refractivity contribution in [3.8, 4) is 11.5 Å². The SMILES string of the molecule is COc1ccc(CCc2nc(NC(=O)c3ccc4c(ccn4C)c3)n[nH]2)cc1OC. The molecule has 4 rings (SSSR count). The third kappa shape index (κ3) is 3.98. The number of nitrogens with zero attached hydrogens (tertiary/aromatic N) is 3. The first-order chi connectivity index (χ1) is 14.6. The van der Waals surface area contributed by atoms with Crippen LogP contribution in [0, 0.1) is 0 Å². The van der Waals surface area contributed by atoms with E-state index in [9.17, 15) is 4.79 Å². The Morgan fingerprint density at radius 3 is 2.70 bits per heavy atom. The van der Waals surface area contributed by atoms with Crippen molar-refractivity contribution in [2.45, 2.75) is 12.8 Å². The van der Waals surface area contributed by atoms with E-state index in [0.29, 0.717) is 29.3 Å². The molecule has 2 heterocycles. The van der Waals surface area contributed by atoms with E-state index in [1.54, 1.807) is 20.3 Å². The Balaban J connectivity index is 1.39. The van der Waals surface area contributed by atoms with E-state index < -0.39 is 0 Å². The number of methoxy groups -OCH3 is 2. The lowest BCUT2D eigenvalue weighted by Crippen LogP contribution is -2.13. The number of benzene rings is 2. The molecule has 2 aromatic carbocycles. The van der Waals surface area contributed by atoms with Gasteiger partial charge in [-0.25, -0.2) is 0 Å². The quantitative estimate of drug-likeness (QED) is 0.492. The number of nitrogens with one attached hydrogen (secondary N) is 2. The van der Waals surface area contributed by atoms with Crippen LogP contribution in [0.1, 0.15) is 21.7 Å². The molecule has 0 spiro atoms. The van der Waals surface area contributed by atoms with E-state index >= 15 is 0 Å². The van der Waals surface area contributed by atoms with E-state index in [0.717, 1.165) is 22.9 Å². The van der Waals surface area contributed by atoms with Gasteiger partial charge in [0, 0.05) is 36.1 Å². The second kappa shape index (κ2) is 8.28. The van der Waals surface area contributed by atoms with Gasteiger partial charge in [-0.15, -0.1) is 5.10 Å². The molecule has 0 saturated heterocycles. The van der Waals surface area contributed by atoms with Crippen LogP contribution >= 0.6 is 0 Å². The molecule has 0 aliphatic carbocycles. The van der Waals surface area contributed by atoms with Crippen molar-refractivity contribution in [1.29, 1.82) is 0 Å². The zero-order valence-corrected chi connectivity index (χ0v) is 17.1. The van der Waals surface area contributed by atoms with Gasteiger partial charge in [0.05, 0.1) is 14.2 Å². The topological polar surface area (TPSA) is 94.1 Å². The molecule has 0 unspecified atom stereocenters. The third-order valence-corrected chi connectivity index (χ3v) is 5.00. The highest BCUT2D eigenvalue weighted by Crippen LogP contribution is 2.28. The molecule has 0 atom stereocenters. The highest BCUT2D eigenvalue weighted by molar-refractivity contribution is 6.05. The summed E-state index contributed by atoms with van der Waals surface area (Å²) in [5, 5.41) is 10.7. The summed E-state index contributed by atoms with van der Waals surface area (Å²) < 4.78 is 12.6. The lowest BCUT2D eigenvalue weighted by Gasteiger charge is -2.09. The number of aromatic nitrogens is 4. The van der Waals surface area contributed by atoms with Crippen molar-refractivity contribution in [3.63, 3.8) is 0 Å². The second-order valence-corrected chi connectivity index (χ2v) is 6.95. The molecular weight excluding hydrogens is 382 g/mol. The van der Waals surface area contributed by atoms with Crippen LogP contribution in [-0.2, 0) is 19.9 Å². The average molecular weight is 405 g/mol. The maximum atomic E-state index is 12.5. The number of hydrogen-bond donors (Lipinski definition) is 2. The van der Waals surface area contributed by atoms with Gasteiger partial charge in [0.15, 0.2) is 11.5 Å². The maximum Gasteiger partial charge on any atom is 0.258 e. The van der Waals surface area contributed by atoms with Crippen LogP contribution in [0.15, 0.2) is 48.7 Å². The Labute approximate surface area is 173 Å². The molecule has 0 bridgehead atoms. The number of carbonyl (C=O) groups is 1. The predicted octanol–water partition coefficient (Wildman–Crippen LogP) is 3.35. The molecule has 4 aromatic rings. The normalized spacial score (nSPS) is 10.9. The second-order valence-electron chi connectivity index (χ2n) is 6.95. The van der Waals surface area contributed by atoms with Crippen molar-refractivity contribution in [2.24, 2.45) is 7.05 Å². The number of anilines is 1. The number of aryl methyl sites for hydroxylation is 3. The smallest absolute Gasteiger partial charge is 0.258 e. The van der Waals surface area contributed by atoms with E-state index in [-0.39, 0.29) is 11.9 Å². The van der Waals surface area contributed by atoms with Gasteiger partial charge in [0.25, 0.3) is 5.91 Å². The van der Waals surface area contributed by atoms with E-state index in [1.165, 1.54) is 0 Å². The maximum absolute atomic E-state index is 12.5. The highest BCUT2D eigenvalue weighted by atomic mass is 16.5. The molecule has 0 fully saturated rings. The number of carbonyl (C=O) groups excluding carboxylic acids is 1. The van der Waals surface area contributed by atoms with Crippen LogP contribution < -0.4 is 14.8 Å². The molecule has 2 N–H and O–H groups in total. The molecule has 2 aromatic heterocycles. The van der Waals surface area contributed by atoms with Gasteiger partial charge in [0.2, 0.25) is 5.95 Å². The van der Waals surface area contributed by atoms with Crippen molar-refractivity contribution in [3.05, 3.63) is 65.6 Å². The molecule has 1 amide bonds. The standard InChI is InChI=1S/C22H23N5O3/c1-27-11-10-15-13-16(6-7-17(15)27)21(28)24-22-23-20(25-26-22)9-5-14-4-8-18(29-2)19(12-14)30-3/h4,6-8,10-13H,5,9H2,1-3H3,(H2,23,24,25,26,28). The Morgan fingerprint density at radius 1 is 1.07 bits per heavy atom. The van der Waals surface area contributed by atoms with Crippen molar-refractivity contribution in [1.82, 2.24) is 19.7 Å². The Kier molecular flexibility index (Phi) is 5.38. The monoisotopic (exact) mass is 405 g/mol. The van der Waals surface area contributed by atoms with Gasteiger partial charge in [-0.3, -0.25) is 15.2 Å². The Bertz CT molecular complexity index is 1190. The lowest BCUT2D eigenvalue weighted by atomic mass is 10.1. The minimum absolute atomic E-state index is 0.244. The molecule has 0 saturated carbocycles. The van der Waals surface area contributed by atoms with E-state index in [2.05, 4.69) is 20.5 Å². The molecule has 0 aliphatic heterocycles. The van der Waals surface area contributed by atoms with Crippen molar-refractivity contribution >= 4 is 22.8 Å². The molecule has 8 nitrogen and oxygen atoms in total. The van der Waals surface area contributed by atoms with Crippen LogP contribution in [0.3, 0.4) is 0 Å². The third-order valence-electron chi connectivity index (χ3n) is 5.00. The number of ether oxygens (including phenoxy) is 2. The van der Waals surface area contributed by atoms with Crippen LogP contribution in [0.2, 0.25) is 0 Å². The summed E-state index contributed by atoms with van der Waals surface area (Å²) in [6, 6.07) is 13.4. The van der Waals surface area contributed by atoms with Crippen LogP contribution in [0.5, 0.6) is 11.5 Å². The van der Waals surface area contributed by atoms with Gasteiger partial charge in [-0.1, -0.05) is 6.07 Å². The number of fused-ring (bicyclic) bond motifs is 1. The van der Waals surface area contributed by atoms with Crippen molar-refractivity contribution < 1.29 is 14.3 Å². The molecule has 30 heavy (non-hydrogen) atoms. The highest BCUT2D eigenvalue weighted by Gasteiger charge is 2.12. The summed E-state index contributed by atoms with van der Waals surface area (Å²) >= 11 is 0. The minimum atomic E-state index is -0.244. The summed E-state index contributed by atoms with van der Waals surface area (Å²) in [4.78, 5) is 16.9. The fourth-order valence-corrected chi connectivity index (χ4v) is 3.36. The largest absolute Gasteiger partial charge is 0.493 e. The first-order valence-corrected chi connectivity index (χ1v) is 9.56. The summed E-state index contributed by atoms with van der Waals surface area (Å²) in [7, 11) is 5.20. The number of rotatable bonds is 7. The first-order valence-electron chi connectivity index (χ1n) is 9.56. The van der Waals surface area contributed by atoms with E-state index in [1.807, 2.05) is 54.2 Å². The average Bonchev–Trinajstić information content (AvgIpc) is 3.38. The van der Waals surface area contributed by atoms with Crippen LogP contribution in [0.25, 0.3) is 10.9 Å².